The van der Waals surface area contributed by atoms with Crippen molar-refractivity contribution in [3.8, 4) is 0 Å². The Hall–Kier alpha value is -2.29. The van der Waals surface area contributed by atoms with Gasteiger partial charge in [-0.2, -0.15) is 10.1 Å². The summed E-state index contributed by atoms with van der Waals surface area (Å²) in [4.78, 5) is 31.8. The fourth-order valence-corrected chi connectivity index (χ4v) is 1.92. The Morgan fingerprint density at radius 2 is 2.00 bits per heavy atom. The van der Waals surface area contributed by atoms with E-state index in [9.17, 15) is 9.59 Å². The Morgan fingerprint density at radius 3 is 2.56 bits per heavy atom. The van der Waals surface area contributed by atoms with E-state index in [0.29, 0.717) is 5.13 Å². The van der Waals surface area contributed by atoms with Crippen LogP contribution < -0.4 is 10.6 Å². The lowest BCUT2D eigenvalue weighted by atomic mass is 10.4. The molecule has 0 fully saturated rings. The van der Waals surface area contributed by atoms with Crippen molar-refractivity contribution < 1.29 is 9.59 Å². The van der Waals surface area contributed by atoms with E-state index in [4.69, 9.17) is 0 Å². The summed E-state index contributed by atoms with van der Waals surface area (Å²) in [7, 11) is 0. The summed E-state index contributed by atoms with van der Waals surface area (Å²) >= 11 is 1.31. The number of thiazole rings is 1. The Morgan fingerprint density at radius 1 is 1.28 bits per heavy atom. The standard InChI is InChI=1S/C9H10N6O2S/c1-4-5(2)18-9(12-4)14-7(17)6(16)13-8-10-3-11-15-8/h3H,1-2H3,(H,12,14,17)(H2,10,11,13,15,16). The molecule has 2 heterocycles. The Labute approximate surface area is 106 Å². The van der Waals surface area contributed by atoms with Gasteiger partial charge in [-0.15, -0.1) is 11.3 Å². The minimum atomic E-state index is -0.836. The molecule has 0 aromatic carbocycles. The fraction of sp³-hybridized carbons (Fsp3) is 0.222. The van der Waals surface area contributed by atoms with Crippen LogP contribution in [0.3, 0.4) is 0 Å². The molecule has 0 spiro atoms. The summed E-state index contributed by atoms with van der Waals surface area (Å²) < 4.78 is 0. The van der Waals surface area contributed by atoms with Crippen LogP contribution in [0.15, 0.2) is 6.33 Å². The minimum Gasteiger partial charge on any atom is -0.294 e. The van der Waals surface area contributed by atoms with Gasteiger partial charge in [0.25, 0.3) is 0 Å². The normalized spacial score (nSPS) is 10.1. The largest absolute Gasteiger partial charge is 0.316 e. The smallest absolute Gasteiger partial charge is 0.294 e. The van der Waals surface area contributed by atoms with Gasteiger partial charge < -0.3 is 0 Å². The molecule has 8 nitrogen and oxygen atoms in total. The van der Waals surface area contributed by atoms with Crippen LogP contribution >= 0.6 is 11.3 Å². The molecule has 0 atom stereocenters. The number of aryl methyl sites for hydroxylation is 2. The number of carbonyl (C=O) groups excluding carboxylic acids is 2. The Bertz CT molecular complexity index is 556. The van der Waals surface area contributed by atoms with Crippen molar-refractivity contribution in [2.45, 2.75) is 13.8 Å². The molecule has 2 aromatic rings. The predicted octanol–water partition coefficient (Wildman–Crippen LogP) is 0.455. The molecule has 0 saturated heterocycles. The summed E-state index contributed by atoms with van der Waals surface area (Å²) in [6, 6.07) is 0. The zero-order chi connectivity index (χ0) is 13.1. The minimum absolute atomic E-state index is 0.113. The summed E-state index contributed by atoms with van der Waals surface area (Å²) in [5.41, 5.74) is 0.825. The second-order valence-corrected chi connectivity index (χ2v) is 4.61. The SMILES string of the molecule is Cc1nc(NC(=O)C(=O)Nc2ncn[nH]2)sc1C. The first-order valence-corrected chi connectivity index (χ1v) is 5.79. The number of nitrogens with one attached hydrogen (secondary N) is 3. The van der Waals surface area contributed by atoms with Gasteiger partial charge in [0.15, 0.2) is 5.13 Å². The molecule has 0 aliphatic carbocycles. The quantitative estimate of drug-likeness (QED) is 0.683. The van der Waals surface area contributed by atoms with Crippen LogP contribution in [-0.2, 0) is 9.59 Å². The van der Waals surface area contributed by atoms with Gasteiger partial charge in [0.2, 0.25) is 5.95 Å². The first-order valence-electron chi connectivity index (χ1n) is 4.98. The molecule has 0 saturated carbocycles. The van der Waals surface area contributed by atoms with Gasteiger partial charge in [-0.05, 0) is 13.8 Å². The number of nitrogens with zero attached hydrogens (tertiary/aromatic N) is 3. The van der Waals surface area contributed by atoms with Crippen molar-refractivity contribution in [2.75, 3.05) is 10.6 Å². The number of anilines is 2. The van der Waals surface area contributed by atoms with Crippen molar-refractivity contribution in [1.29, 1.82) is 0 Å². The van der Waals surface area contributed by atoms with Crippen molar-refractivity contribution in [3.63, 3.8) is 0 Å². The maximum absolute atomic E-state index is 11.5. The van der Waals surface area contributed by atoms with E-state index in [-0.39, 0.29) is 5.95 Å². The van der Waals surface area contributed by atoms with E-state index in [1.165, 1.54) is 17.7 Å². The number of hydrogen-bond donors (Lipinski definition) is 3. The molecule has 2 aromatic heterocycles. The lowest BCUT2D eigenvalue weighted by Crippen LogP contribution is -2.29. The van der Waals surface area contributed by atoms with Crippen molar-refractivity contribution >= 4 is 34.2 Å². The predicted molar refractivity (Wildman–Crippen MR) is 65.2 cm³/mol. The van der Waals surface area contributed by atoms with Crippen molar-refractivity contribution in [2.24, 2.45) is 0 Å². The second-order valence-electron chi connectivity index (χ2n) is 3.40. The monoisotopic (exact) mass is 266 g/mol. The van der Waals surface area contributed by atoms with E-state index in [1.807, 2.05) is 13.8 Å². The molecule has 9 heteroatoms. The summed E-state index contributed by atoms with van der Waals surface area (Å²) in [5, 5.41) is 11.0. The topological polar surface area (TPSA) is 113 Å². The highest BCUT2D eigenvalue weighted by Crippen LogP contribution is 2.20. The van der Waals surface area contributed by atoms with Crippen molar-refractivity contribution in [3.05, 3.63) is 16.9 Å². The molecule has 2 rings (SSSR count). The summed E-state index contributed by atoms with van der Waals surface area (Å²) in [5.74, 6) is -1.53. The number of aromatic amines is 1. The van der Waals surface area contributed by atoms with Gasteiger partial charge in [-0.3, -0.25) is 20.2 Å². The first-order chi connectivity index (χ1) is 8.56. The second kappa shape index (κ2) is 4.92. The van der Waals surface area contributed by atoms with E-state index < -0.39 is 11.8 Å². The van der Waals surface area contributed by atoms with E-state index in [0.717, 1.165) is 10.6 Å². The molecule has 2 amide bonds. The number of hydrogen-bond acceptors (Lipinski definition) is 6. The first kappa shape index (κ1) is 12.2. The van der Waals surface area contributed by atoms with Crippen LogP contribution in [0.2, 0.25) is 0 Å². The molecule has 0 aliphatic rings. The number of amides is 2. The summed E-state index contributed by atoms with van der Waals surface area (Å²) in [6.45, 7) is 3.72. The Balaban J connectivity index is 1.97. The highest BCUT2D eigenvalue weighted by molar-refractivity contribution is 7.15. The number of H-pyrrole nitrogens is 1. The van der Waals surface area contributed by atoms with Gasteiger partial charge in [-0.25, -0.2) is 10.1 Å². The van der Waals surface area contributed by atoms with Crippen molar-refractivity contribution in [1.82, 2.24) is 20.2 Å². The van der Waals surface area contributed by atoms with Gasteiger partial charge >= 0.3 is 11.8 Å². The summed E-state index contributed by atoms with van der Waals surface area (Å²) in [6.07, 6.45) is 1.22. The number of rotatable bonds is 2. The van der Waals surface area contributed by atoms with Crippen LogP contribution in [0, 0.1) is 13.8 Å². The van der Waals surface area contributed by atoms with E-state index >= 15 is 0 Å². The average Bonchev–Trinajstić information content (AvgIpc) is 2.90. The van der Waals surface area contributed by atoms with Crippen LogP contribution in [0.4, 0.5) is 11.1 Å². The van der Waals surface area contributed by atoms with Crippen LogP contribution in [0.1, 0.15) is 10.6 Å². The van der Waals surface area contributed by atoms with Gasteiger partial charge in [0.05, 0.1) is 5.69 Å². The molecule has 3 N–H and O–H groups in total. The number of aromatic nitrogens is 4. The molecular weight excluding hydrogens is 256 g/mol. The number of carbonyl (C=O) groups is 2. The third-order valence-corrected chi connectivity index (χ3v) is 3.09. The fourth-order valence-electron chi connectivity index (χ4n) is 1.11. The molecule has 18 heavy (non-hydrogen) atoms. The Kier molecular flexibility index (Phi) is 3.33. The molecule has 0 unspecified atom stereocenters. The molecule has 0 radical (unpaired) electrons. The van der Waals surface area contributed by atoms with E-state index in [1.54, 1.807) is 0 Å². The zero-order valence-corrected chi connectivity index (χ0v) is 10.5. The molecule has 94 valence electrons. The lowest BCUT2D eigenvalue weighted by Gasteiger charge is -2.00. The van der Waals surface area contributed by atoms with Gasteiger partial charge in [0.1, 0.15) is 6.33 Å². The third-order valence-electron chi connectivity index (χ3n) is 2.10. The van der Waals surface area contributed by atoms with Gasteiger partial charge in [0, 0.05) is 4.88 Å². The highest BCUT2D eigenvalue weighted by atomic mass is 32.1. The maximum Gasteiger partial charge on any atom is 0.316 e. The molecule has 0 bridgehead atoms. The average molecular weight is 266 g/mol. The lowest BCUT2D eigenvalue weighted by molar-refractivity contribution is -0.133. The molecule has 0 aliphatic heterocycles. The van der Waals surface area contributed by atoms with Crippen LogP contribution in [0.5, 0.6) is 0 Å². The molecular formula is C9H10N6O2S. The highest BCUT2D eigenvalue weighted by Gasteiger charge is 2.17. The zero-order valence-electron chi connectivity index (χ0n) is 9.64. The van der Waals surface area contributed by atoms with Crippen LogP contribution in [-0.4, -0.2) is 32.0 Å². The maximum atomic E-state index is 11.5. The van der Waals surface area contributed by atoms with Crippen LogP contribution in [0.25, 0.3) is 0 Å². The third kappa shape index (κ3) is 2.69. The van der Waals surface area contributed by atoms with Gasteiger partial charge in [-0.1, -0.05) is 0 Å². The van der Waals surface area contributed by atoms with E-state index in [2.05, 4.69) is 30.8 Å².